The highest BCUT2D eigenvalue weighted by atomic mass is 32.2. The Morgan fingerprint density at radius 3 is 2.59 bits per heavy atom. The van der Waals surface area contributed by atoms with Crippen LogP contribution in [0, 0.1) is 0 Å². The van der Waals surface area contributed by atoms with E-state index in [9.17, 15) is 21.6 Å². The molecule has 1 heterocycles. The molecular formula is C14H18F3NO3S. The number of halogens is 3. The Bertz CT molecular complexity index is 596. The summed E-state index contributed by atoms with van der Waals surface area (Å²) in [5.41, 5.74) is -5.34. The van der Waals surface area contributed by atoms with Crippen LogP contribution in [0.4, 0.5) is 18.9 Å². The smallest absolute Gasteiger partial charge is 0.384 e. The number of rotatable bonds is 5. The Morgan fingerprint density at radius 1 is 1.23 bits per heavy atom. The topological polar surface area (TPSA) is 55.4 Å². The lowest BCUT2D eigenvalue weighted by atomic mass is 10.1. The van der Waals surface area contributed by atoms with Crippen LogP contribution in [0.1, 0.15) is 25.7 Å². The maximum Gasteiger partial charge on any atom is 0.501 e. The number of sulfone groups is 1. The van der Waals surface area contributed by atoms with Crippen molar-refractivity contribution in [1.29, 1.82) is 0 Å². The summed E-state index contributed by atoms with van der Waals surface area (Å²) in [6.45, 7) is 1.05. The number of para-hydroxylation sites is 1. The van der Waals surface area contributed by atoms with Gasteiger partial charge in [-0.25, -0.2) is 8.42 Å². The molecule has 1 aliphatic heterocycles. The zero-order valence-corrected chi connectivity index (χ0v) is 12.7. The second kappa shape index (κ2) is 6.87. The maximum absolute atomic E-state index is 12.7. The van der Waals surface area contributed by atoms with E-state index in [1.165, 1.54) is 18.2 Å². The van der Waals surface area contributed by atoms with E-state index in [-0.39, 0.29) is 11.8 Å². The molecule has 0 saturated carbocycles. The Morgan fingerprint density at radius 2 is 1.95 bits per heavy atom. The second-order valence-corrected chi connectivity index (χ2v) is 7.06. The fourth-order valence-corrected chi connectivity index (χ4v) is 3.31. The van der Waals surface area contributed by atoms with E-state index in [2.05, 4.69) is 5.32 Å². The Balaban J connectivity index is 2.06. The molecule has 1 saturated heterocycles. The minimum Gasteiger partial charge on any atom is -0.384 e. The van der Waals surface area contributed by atoms with Gasteiger partial charge in [0.05, 0.1) is 16.7 Å². The molecule has 22 heavy (non-hydrogen) atoms. The van der Waals surface area contributed by atoms with Crippen LogP contribution in [0.3, 0.4) is 0 Å². The molecule has 1 aliphatic rings. The summed E-state index contributed by atoms with van der Waals surface area (Å²) >= 11 is 0. The van der Waals surface area contributed by atoms with Gasteiger partial charge in [0.1, 0.15) is 0 Å². The lowest BCUT2D eigenvalue weighted by Crippen LogP contribution is -2.25. The average Bonchev–Trinajstić information content (AvgIpc) is 2.47. The third-order valence-electron chi connectivity index (χ3n) is 3.54. The zero-order valence-electron chi connectivity index (χ0n) is 11.9. The second-order valence-electron chi connectivity index (χ2n) is 5.15. The van der Waals surface area contributed by atoms with E-state index in [1.807, 2.05) is 0 Å². The first-order valence-corrected chi connectivity index (χ1v) is 8.56. The monoisotopic (exact) mass is 337 g/mol. The Kier molecular flexibility index (Phi) is 5.33. The molecule has 1 fully saturated rings. The van der Waals surface area contributed by atoms with Crippen molar-refractivity contribution in [2.24, 2.45) is 0 Å². The van der Waals surface area contributed by atoms with Gasteiger partial charge < -0.3 is 10.1 Å². The van der Waals surface area contributed by atoms with Crippen molar-refractivity contribution in [2.45, 2.75) is 42.2 Å². The summed E-state index contributed by atoms with van der Waals surface area (Å²) in [5.74, 6) is 0. The van der Waals surface area contributed by atoms with Gasteiger partial charge in [-0.1, -0.05) is 12.1 Å². The van der Waals surface area contributed by atoms with Gasteiger partial charge in [-0.15, -0.1) is 0 Å². The molecule has 4 nitrogen and oxygen atoms in total. The normalized spacial score (nSPS) is 19.9. The van der Waals surface area contributed by atoms with Crippen molar-refractivity contribution in [2.75, 3.05) is 18.5 Å². The number of alkyl halides is 3. The highest BCUT2D eigenvalue weighted by molar-refractivity contribution is 7.92. The number of nitrogens with one attached hydrogen (secondary N) is 1. The highest BCUT2D eigenvalue weighted by Gasteiger charge is 2.47. The summed E-state index contributed by atoms with van der Waals surface area (Å²) in [4.78, 5) is -0.743. The van der Waals surface area contributed by atoms with Gasteiger partial charge in [-0.2, -0.15) is 13.2 Å². The van der Waals surface area contributed by atoms with Crippen LogP contribution in [-0.4, -0.2) is 33.2 Å². The van der Waals surface area contributed by atoms with Gasteiger partial charge >= 0.3 is 5.51 Å². The number of hydrogen-bond donors (Lipinski definition) is 1. The van der Waals surface area contributed by atoms with E-state index < -0.39 is 20.2 Å². The first kappa shape index (κ1) is 17.1. The van der Waals surface area contributed by atoms with Crippen LogP contribution in [0.2, 0.25) is 0 Å². The molecule has 124 valence electrons. The molecule has 0 spiro atoms. The SMILES string of the molecule is O=S(=O)(c1ccccc1NCCC1CCCCO1)C(F)(F)F. The minimum absolute atomic E-state index is 0.0318. The molecule has 0 bridgehead atoms. The van der Waals surface area contributed by atoms with Gasteiger partial charge in [0.25, 0.3) is 9.84 Å². The number of anilines is 1. The van der Waals surface area contributed by atoms with Crippen molar-refractivity contribution < 1.29 is 26.3 Å². The summed E-state index contributed by atoms with van der Waals surface area (Å²) in [6.07, 6.45) is 3.72. The van der Waals surface area contributed by atoms with Crippen LogP contribution < -0.4 is 5.32 Å². The van der Waals surface area contributed by atoms with Crippen LogP contribution in [0.25, 0.3) is 0 Å². The standard InChI is InChI=1S/C14H18F3NO3S/c15-14(16,17)22(19,20)13-7-2-1-6-12(13)18-9-8-11-5-3-4-10-21-11/h1-2,6-7,11,18H,3-5,8-10H2. The zero-order chi connectivity index (χ0) is 16.2. The molecule has 1 unspecified atom stereocenters. The molecule has 1 aromatic rings. The molecule has 0 amide bonds. The molecule has 1 atom stereocenters. The predicted molar refractivity (Wildman–Crippen MR) is 76.4 cm³/mol. The number of hydrogen-bond acceptors (Lipinski definition) is 4. The van der Waals surface area contributed by atoms with Crippen LogP contribution in [0.15, 0.2) is 29.2 Å². The third-order valence-corrected chi connectivity index (χ3v) is 5.08. The van der Waals surface area contributed by atoms with Crippen molar-refractivity contribution in [3.63, 3.8) is 0 Å². The van der Waals surface area contributed by atoms with Gasteiger partial charge in [0.2, 0.25) is 0 Å². The molecule has 8 heteroatoms. The number of ether oxygens (including phenoxy) is 1. The van der Waals surface area contributed by atoms with E-state index >= 15 is 0 Å². The molecule has 0 aromatic heterocycles. The maximum atomic E-state index is 12.7. The van der Waals surface area contributed by atoms with Crippen LogP contribution >= 0.6 is 0 Å². The highest BCUT2D eigenvalue weighted by Crippen LogP contribution is 2.34. The first-order chi connectivity index (χ1) is 10.3. The molecule has 1 N–H and O–H groups in total. The first-order valence-electron chi connectivity index (χ1n) is 7.08. The van der Waals surface area contributed by atoms with Crippen LogP contribution in [-0.2, 0) is 14.6 Å². The number of benzene rings is 1. The largest absolute Gasteiger partial charge is 0.501 e. The summed E-state index contributed by atoms with van der Waals surface area (Å²) in [5, 5.41) is 2.78. The van der Waals surface area contributed by atoms with Crippen molar-refractivity contribution in [3.8, 4) is 0 Å². The molecular weight excluding hydrogens is 319 g/mol. The minimum atomic E-state index is -5.36. The lowest BCUT2D eigenvalue weighted by molar-refractivity contribution is -0.0435. The van der Waals surface area contributed by atoms with Gasteiger partial charge in [0, 0.05) is 13.2 Å². The summed E-state index contributed by atoms with van der Waals surface area (Å²) in [7, 11) is -5.36. The average molecular weight is 337 g/mol. The molecule has 2 rings (SSSR count). The van der Waals surface area contributed by atoms with E-state index in [0.717, 1.165) is 25.3 Å². The third kappa shape index (κ3) is 3.92. The summed E-state index contributed by atoms with van der Waals surface area (Å²) in [6, 6.07) is 5.06. The lowest BCUT2D eigenvalue weighted by Gasteiger charge is -2.23. The fourth-order valence-electron chi connectivity index (χ4n) is 2.37. The summed E-state index contributed by atoms with van der Waals surface area (Å²) < 4.78 is 66.7. The van der Waals surface area contributed by atoms with Gasteiger partial charge in [-0.3, -0.25) is 0 Å². The Hall–Kier alpha value is -1.28. The van der Waals surface area contributed by atoms with E-state index in [0.29, 0.717) is 19.6 Å². The van der Waals surface area contributed by atoms with Crippen molar-refractivity contribution in [3.05, 3.63) is 24.3 Å². The predicted octanol–water partition coefficient (Wildman–Crippen LogP) is 3.35. The quantitative estimate of drug-likeness (QED) is 0.895. The molecule has 1 aromatic carbocycles. The van der Waals surface area contributed by atoms with E-state index in [4.69, 9.17) is 4.74 Å². The van der Waals surface area contributed by atoms with Crippen LogP contribution in [0.5, 0.6) is 0 Å². The van der Waals surface area contributed by atoms with Crippen molar-refractivity contribution >= 4 is 15.5 Å². The Labute approximate surface area is 127 Å². The molecule has 0 aliphatic carbocycles. The van der Waals surface area contributed by atoms with Gasteiger partial charge in [0.15, 0.2) is 0 Å². The van der Waals surface area contributed by atoms with Gasteiger partial charge in [-0.05, 0) is 37.8 Å². The van der Waals surface area contributed by atoms with E-state index in [1.54, 1.807) is 0 Å². The molecule has 0 radical (unpaired) electrons. The van der Waals surface area contributed by atoms with Crippen molar-refractivity contribution in [1.82, 2.24) is 0 Å². The fraction of sp³-hybridized carbons (Fsp3) is 0.571.